The van der Waals surface area contributed by atoms with E-state index in [1.54, 1.807) is 12.1 Å². The molecule has 0 saturated heterocycles. The fraction of sp³-hybridized carbons (Fsp3) is 0.471. The van der Waals surface area contributed by atoms with Gasteiger partial charge < -0.3 is 5.32 Å². The number of amides is 1. The first-order chi connectivity index (χ1) is 11.3. The lowest BCUT2D eigenvalue weighted by Crippen LogP contribution is -2.36. The molecular weight excluding hydrogens is 321 g/mol. The van der Waals surface area contributed by atoms with E-state index in [1.807, 2.05) is 0 Å². The fourth-order valence-corrected chi connectivity index (χ4v) is 2.80. The second-order valence-electron chi connectivity index (χ2n) is 6.32. The minimum Gasteiger partial charge on any atom is -0.352 e. The highest BCUT2D eigenvalue weighted by Gasteiger charge is 2.48. The molecule has 2 aliphatic rings. The number of carbonyl (C=O) groups excluding carboxylic acids is 2. The number of nitrogens with zero attached hydrogens (tertiary/aromatic N) is 1. The largest absolute Gasteiger partial charge is 0.416 e. The Morgan fingerprint density at radius 2 is 2.00 bits per heavy atom. The molecule has 24 heavy (non-hydrogen) atoms. The molecule has 1 N–H and O–H groups in total. The summed E-state index contributed by atoms with van der Waals surface area (Å²) in [7, 11) is 0. The second kappa shape index (κ2) is 5.93. The highest BCUT2D eigenvalue weighted by Crippen LogP contribution is 2.49. The molecule has 0 aromatic heterocycles. The first-order valence-corrected chi connectivity index (χ1v) is 7.72. The Kier molecular flexibility index (Phi) is 4.08. The standard InChI is InChI=1S/C17H15F3N2O2/c18-17(19,20)10-3-1-2-9(6-10)12-7-13(12)15(23)14(8-21)16(24)22-11-4-5-11/h1-3,6,11-14H,4-5,7H2,(H,22,24)/t12-,13-,14-/m1/s1. The van der Waals surface area contributed by atoms with Crippen LogP contribution in [0.2, 0.25) is 0 Å². The molecule has 1 aromatic rings. The van der Waals surface area contributed by atoms with Crippen molar-refractivity contribution in [1.82, 2.24) is 5.32 Å². The number of nitriles is 1. The zero-order valence-corrected chi connectivity index (χ0v) is 12.6. The van der Waals surface area contributed by atoms with Gasteiger partial charge in [0.2, 0.25) is 5.91 Å². The molecule has 4 nitrogen and oxygen atoms in total. The van der Waals surface area contributed by atoms with Crippen molar-refractivity contribution in [2.24, 2.45) is 11.8 Å². The van der Waals surface area contributed by atoms with Crippen molar-refractivity contribution in [2.75, 3.05) is 0 Å². The fourth-order valence-electron chi connectivity index (χ4n) is 2.80. The molecule has 1 aromatic carbocycles. The summed E-state index contributed by atoms with van der Waals surface area (Å²) in [5.74, 6) is -3.41. The van der Waals surface area contributed by atoms with Crippen molar-refractivity contribution in [3.8, 4) is 6.07 Å². The number of hydrogen-bond donors (Lipinski definition) is 1. The van der Waals surface area contributed by atoms with Gasteiger partial charge in [0.15, 0.2) is 11.7 Å². The number of alkyl halides is 3. The number of ketones is 1. The Balaban J connectivity index is 1.68. The third kappa shape index (κ3) is 3.42. The molecule has 3 atom stereocenters. The predicted octanol–water partition coefficient (Wildman–Crippen LogP) is 2.80. The van der Waals surface area contributed by atoms with Crippen molar-refractivity contribution in [3.05, 3.63) is 35.4 Å². The van der Waals surface area contributed by atoms with E-state index in [2.05, 4.69) is 5.32 Å². The maximum absolute atomic E-state index is 12.8. The summed E-state index contributed by atoms with van der Waals surface area (Å²) in [6.45, 7) is 0. The number of rotatable bonds is 5. The molecule has 0 bridgehead atoms. The first-order valence-electron chi connectivity index (χ1n) is 7.72. The van der Waals surface area contributed by atoms with Gasteiger partial charge in [-0.1, -0.05) is 18.2 Å². The number of carbonyl (C=O) groups is 2. The van der Waals surface area contributed by atoms with Gasteiger partial charge in [0, 0.05) is 12.0 Å². The van der Waals surface area contributed by atoms with E-state index in [4.69, 9.17) is 5.26 Å². The Hall–Kier alpha value is -2.36. The van der Waals surface area contributed by atoms with Crippen LogP contribution < -0.4 is 5.32 Å². The van der Waals surface area contributed by atoms with Crippen LogP contribution in [0.4, 0.5) is 13.2 Å². The van der Waals surface area contributed by atoms with Crippen molar-refractivity contribution in [2.45, 2.75) is 37.4 Å². The zero-order valence-electron chi connectivity index (χ0n) is 12.6. The number of benzene rings is 1. The highest BCUT2D eigenvalue weighted by atomic mass is 19.4. The number of halogens is 3. The van der Waals surface area contributed by atoms with Crippen LogP contribution in [0.15, 0.2) is 24.3 Å². The molecule has 0 heterocycles. The summed E-state index contributed by atoms with van der Waals surface area (Å²) >= 11 is 0. The summed E-state index contributed by atoms with van der Waals surface area (Å²) in [6, 6.07) is 6.62. The molecule has 2 aliphatic carbocycles. The van der Waals surface area contributed by atoms with E-state index < -0.39 is 35.3 Å². The van der Waals surface area contributed by atoms with E-state index in [-0.39, 0.29) is 12.0 Å². The van der Waals surface area contributed by atoms with Gasteiger partial charge in [-0.3, -0.25) is 9.59 Å². The molecule has 7 heteroatoms. The Morgan fingerprint density at radius 1 is 1.29 bits per heavy atom. The van der Waals surface area contributed by atoms with Crippen LogP contribution in [-0.4, -0.2) is 17.7 Å². The van der Waals surface area contributed by atoms with E-state index >= 15 is 0 Å². The van der Waals surface area contributed by atoms with Gasteiger partial charge in [0.25, 0.3) is 0 Å². The van der Waals surface area contributed by atoms with Gasteiger partial charge in [0.1, 0.15) is 0 Å². The van der Waals surface area contributed by atoms with Crippen LogP contribution in [0.25, 0.3) is 0 Å². The lowest BCUT2D eigenvalue weighted by molar-refractivity contribution is -0.137. The lowest BCUT2D eigenvalue weighted by atomic mass is 9.97. The summed E-state index contributed by atoms with van der Waals surface area (Å²) in [5.41, 5.74) is -0.344. The van der Waals surface area contributed by atoms with E-state index in [0.29, 0.717) is 12.0 Å². The quantitative estimate of drug-likeness (QED) is 0.841. The molecule has 2 fully saturated rings. The van der Waals surface area contributed by atoms with E-state index in [0.717, 1.165) is 25.0 Å². The number of Topliss-reactive ketones (excluding diaryl/α,β-unsaturated/α-hetero) is 1. The van der Waals surface area contributed by atoms with Crippen LogP contribution >= 0.6 is 0 Å². The van der Waals surface area contributed by atoms with Gasteiger partial charge in [-0.25, -0.2) is 0 Å². The minimum atomic E-state index is -4.44. The van der Waals surface area contributed by atoms with Crippen molar-refractivity contribution >= 4 is 11.7 Å². The maximum atomic E-state index is 12.8. The molecule has 0 unspecified atom stereocenters. The molecule has 0 spiro atoms. The van der Waals surface area contributed by atoms with Crippen LogP contribution in [-0.2, 0) is 15.8 Å². The average Bonchev–Trinajstić information content (AvgIpc) is 3.41. The third-order valence-corrected chi connectivity index (χ3v) is 4.40. The lowest BCUT2D eigenvalue weighted by Gasteiger charge is -2.10. The zero-order chi connectivity index (χ0) is 17.5. The monoisotopic (exact) mass is 336 g/mol. The molecule has 1 amide bonds. The highest BCUT2D eigenvalue weighted by molar-refractivity contribution is 6.06. The Morgan fingerprint density at radius 3 is 2.58 bits per heavy atom. The smallest absolute Gasteiger partial charge is 0.352 e. The van der Waals surface area contributed by atoms with E-state index in [1.165, 1.54) is 6.07 Å². The topological polar surface area (TPSA) is 70.0 Å². The third-order valence-electron chi connectivity index (χ3n) is 4.40. The minimum absolute atomic E-state index is 0.0413. The number of hydrogen-bond acceptors (Lipinski definition) is 3. The normalized spacial score (nSPS) is 23.9. The summed E-state index contributed by atoms with van der Waals surface area (Å²) in [6.07, 6.45) is -2.39. The maximum Gasteiger partial charge on any atom is 0.416 e. The van der Waals surface area contributed by atoms with Crippen molar-refractivity contribution < 1.29 is 22.8 Å². The van der Waals surface area contributed by atoms with Crippen LogP contribution in [0.3, 0.4) is 0 Å². The number of nitrogens with one attached hydrogen (secondary N) is 1. The summed E-state index contributed by atoms with van der Waals surface area (Å²) < 4.78 is 38.3. The van der Waals surface area contributed by atoms with Gasteiger partial charge in [-0.05, 0) is 36.8 Å². The van der Waals surface area contributed by atoms with Gasteiger partial charge in [0.05, 0.1) is 11.6 Å². The van der Waals surface area contributed by atoms with Crippen LogP contribution in [0, 0.1) is 23.2 Å². The summed E-state index contributed by atoms with van der Waals surface area (Å²) in [5, 5.41) is 11.7. The second-order valence-corrected chi connectivity index (χ2v) is 6.32. The molecule has 126 valence electrons. The molecule has 0 radical (unpaired) electrons. The SMILES string of the molecule is N#C[C@@H](C(=O)NC1CC1)C(=O)[C@@H]1C[C@@H]1c1cccc(C(F)(F)F)c1. The first kappa shape index (κ1) is 16.5. The molecule has 3 rings (SSSR count). The van der Waals surface area contributed by atoms with Crippen LogP contribution in [0.1, 0.15) is 36.3 Å². The van der Waals surface area contributed by atoms with Gasteiger partial charge in [-0.2, -0.15) is 18.4 Å². The van der Waals surface area contributed by atoms with Crippen molar-refractivity contribution in [3.63, 3.8) is 0 Å². The van der Waals surface area contributed by atoms with Gasteiger partial charge in [-0.15, -0.1) is 0 Å². The molecular formula is C17H15F3N2O2. The predicted molar refractivity (Wildman–Crippen MR) is 77.6 cm³/mol. The molecule has 2 saturated carbocycles. The molecule has 0 aliphatic heterocycles. The summed E-state index contributed by atoms with van der Waals surface area (Å²) in [4.78, 5) is 24.3. The van der Waals surface area contributed by atoms with Gasteiger partial charge >= 0.3 is 6.18 Å². The Labute approximate surface area is 136 Å². The van der Waals surface area contributed by atoms with E-state index in [9.17, 15) is 22.8 Å². The average molecular weight is 336 g/mol. The van der Waals surface area contributed by atoms with Crippen LogP contribution in [0.5, 0.6) is 0 Å². The van der Waals surface area contributed by atoms with Crippen molar-refractivity contribution in [1.29, 1.82) is 5.26 Å². The Bertz CT molecular complexity index is 719.